The van der Waals surface area contributed by atoms with Crippen molar-refractivity contribution in [2.24, 2.45) is 0 Å². The lowest BCUT2D eigenvalue weighted by atomic mass is 11.3. The number of hydrogen-bond acceptors (Lipinski definition) is 3. The van der Waals surface area contributed by atoms with Gasteiger partial charge in [-0.2, -0.15) is 0 Å². The molecule has 0 amide bonds. The molecular formula is C2H3O3Si3. The summed E-state index contributed by atoms with van der Waals surface area (Å²) in [6.07, 6.45) is 0. The Bertz CT molecular complexity index is 80.6. The van der Waals surface area contributed by atoms with E-state index in [4.69, 9.17) is 12.3 Å². The van der Waals surface area contributed by atoms with Crippen molar-refractivity contribution < 1.29 is 12.3 Å². The molecule has 8 heavy (non-hydrogen) atoms. The summed E-state index contributed by atoms with van der Waals surface area (Å²) in [5.74, 6) is 0. The molecule has 0 spiro atoms. The minimum Gasteiger partial charge on any atom is -0.412 e. The first kappa shape index (κ1) is 6.39. The van der Waals surface area contributed by atoms with Crippen LogP contribution in [0.1, 0.15) is 0 Å². The highest BCUT2D eigenvalue weighted by atomic mass is 28.4. The zero-order valence-electron chi connectivity index (χ0n) is 4.01. The Balaban J connectivity index is 2.22. The van der Waals surface area contributed by atoms with Crippen LogP contribution in [-0.2, 0) is 12.3 Å². The monoisotopic (exact) mass is 159 g/mol. The first-order chi connectivity index (χ1) is 3.93. The predicted molar refractivity (Wildman–Crippen MR) is 30.7 cm³/mol. The second-order valence-electron chi connectivity index (χ2n) is 0.996. The molecule has 1 saturated heterocycles. The van der Waals surface area contributed by atoms with E-state index in [0.717, 1.165) is 0 Å². The second-order valence-corrected chi connectivity index (χ2v) is 4.83. The Hall–Kier alpha value is 0.271. The molecule has 0 aromatic carbocycles. The van der Waals surface area contributed by atoms with Gasteiger partial charge in [0.15, 0.2) is 0 Å². The fraction of sp³-hybridized carbons (Fsp3) is 0. The third-order valence-corrected chi connectivity index (χ3v) is 3.81. The highest BCUT2D eigenvalue weighted by Crippen LogP contribution is 1.93. The van der Waals surface area contributed by atoms with Gasteiger partial charge < -0.3 is 12.3 Å². The van der Waals surface area contributed by atoms with Crippen LogP contribution in [0.25, 0.3) is 0 Å². The Morgan fingerprint density at radius 3 is 2.38 bits per heavy atom. The van der Waals surface area contributed by atoms with Gasteiger partial charge in [-0.3, -0.25) is 0 Å². The van der Waals surface area contributed by atoms with Crippen molar-refractivity contribution in [3.63, 3.8) is 0 Å². The molecule has 3 nitrogen and oxygen atoms in total. The summed E-state index contributed by atoms with van der Waals surface area (Å²) >= 11 is 0. The van der Waals surface area contributed by atoms with Crippen LogP contribution >= 0.6 is 0 Å². The topological polar surface area (TPSA) is 27.7 Å². The van der Waals surface area contributed by atoms with Crippen LogP contribution in [0.5, 0.6) is 0 Å². The summed E-state index contributed by atoms with van der Waals surface area (Å²) < 4.78 is 14.8. The van der Waals surface area contributed by atoms with Gasteiger partial charge in [-0.15, -0.1) is 6.58 Å². The van der Waals surface area contributed by atoms with Crippen LogP contribution in [0.15, 0.2) is 12.3 Å². The molecule has 0 aromatic rings. The molecule has 0 aromatic heterocycles. The summed E-state index contributed by atoms with van der Waals surface area (Å²) in [6, 6.07) is 0. The van der Waals surface area contributed by atoms with Gasteiger partial charge in [-0.05, 0) is 5.70 Å². The average molecular weight is 159 g/mol. The fourth-order valence-electron chi connectivity index (χ4n) is 0.245. The molecule has 1 rings (SSSR count). The summed E-state index contributed by atoms with van der Waals surface area (Å²) in [4.78, 5) is 0. The van der Waals surface area contributed by atoms with Crippen LogP contribution in [0.4, 0.5) is 0 Å². The van der Waals surface area contributed by atoms with E-state index < -0.39 is 9.28 Å². The highest BCUT2D eigenvalue weighted by Gasteiger charge is 2.18. The van der Waals surface area contributed by atoms with Crippen molar-refractivity contribution in [2.75, 3.05) is 0 Å². The maximum absolute atomic E-state index is 5.00. The van der Waals surface area contributed by atoms with Gasteiger partial charge in [-0.25, -0.2) is 0 Å². The van der Waals surface area contributed by atoms with Gasteiger partial charge in [0, 0.05) is 0 Å². The normalized spacial score (nSPS) is 23.0. The number of hydrogen-bond donors (Lipinski definition) is 0. The lowest BCUT2D eigenvalue weighted by Crippen LogP contribution is -2.33. The van der Waals surface area contributed by atoms with E-state index in [2.05, 4.69) is 6.58 Å². The molecule has 1 fully saturated rings. The van der Waals surface area contributed by atoms with E-state index in [1.807, 2.05) is 0 Å². The van der Waals surface area contributed by atoms with Crippen molar-refractivity contribution in [1.29, 1.82) is 0 Å². The largest absolute Gasteiger partial charge is 0.413 e. The molecule has 0 unspecified atom stereocenters. The average Bonchev–Trinajstić information content (AvgIpc) is 1.90. The van der Waals surface area contributed by atoms with E-state index in [9.17, 15) is 0 Å². The van der Waals surface area contributed by atoms with Crippen LogP contribution in [0.2, 0.25) is 0 Å². The highest BCUT2D eigenvalue weighted by molar-refractivity contribution is 6.64. The molecule has 1 aliphatic heterocycles. The first-order valence-corrected chi connectivity index (χ1v) is 4.95. The van der Waals surface area contributed by atoms with Gasteiger partial charge in [-0.1, -0.05) is 0 Å². The van der Waals surface area contributed by atoms with Crippen LogP contribution in [-0.4, -0.2) is 29.3 Å². The Kier molecular flexibility index (Phi) is 2.66. The molecule has 41 valence electrons. The molecule has 1 heterocycles. The molecule has 0 aliphatic carbocycles. The van der Waals surface area contributed by atoms with Crippen molar-refractivity contribution in [1.82, 2.24) is 0 Å². The standard InChI is InChI=1S/C2H3O3Si3/c1-2-8-4-6-3-7-5-8/h2H,1H2. The van der Waals surface area contributed by atoms with Crippen LogP contribution < -0.4 is 0 Å². The SMILES string of the molecule is C=C[Si]1O[Si]O[Si]O1. The summed E-state index contributed by atoms with van der Waals surface area (Å²) in [7, 11) is -0.823. The van der Waals surface area contributed by atoms with E-state index in [1.54, 1.807) is 5.70 Å². The van der Waals surface area contributed by atoms with Gasteiger partial charge >= 0.3 is 29.3 Å². The lowest BCUT2D eigenvalue weighted by Gasteiger charge is -2.13. The van der Waals surface area contributed by atoms with Gasteiger partial charge in [0.2, 0.25) is 0 Å². The third kappa shape index (κ3) is 1.65. The van der Waals surface area contributed by atoms with Gasteiger partial charge in [0.05, 0.1) is 0 Å². The molecular weight excluding hydrogens is 156 g/mol. The lowest BCUT2D eigenvalue weighted by molar-refractivity contribution is 0.333. The number of rotatable bonds is 1. The smallest absolute Gasteiger partial charge is 0.412 e. The fourth-order valence-corrected chi connectivity index (χ4v) is 3.33. The van der Waals surface area contributed by atoms with Crippen LogP contribution in [0.3, 0.4) is 0 Å². The van der Waals surface area contributed by atoms with Gasteiger partial charge in [0.25, 0.3) is 0 Å². The molecule has 0 bridgehead atoms. The summed E-state index contributed by atoms with van der Waals surface area (Å²) in [6.45, 7) is 3.53. The quantitative estimate of drug-likeness (QED) is 0.475. The van der Waals surface area contributed by atoms with Crippen LogP contribution in [0, 0.1) is 0 Å². The maximum Gasteiger partial charge on any atom is 0.413 e. The van der Waals surface area contributed by atoms with Crippen molar-refractivity contribution in [2.45, 2.75) is 0 Å². The molecule has 1 aliphatic rings. The maximum atomic E-state index is 5.00. The minimum absolute atomic E-state index is 0.150. The van der Waals surface area contributed by atoms with Gasteiger partial charge in [0.1, 0.15) is 0 Å². The molecule has 0 saturated carbocycles. The Morgan fingerprint density at radius 2 is 2.00 bits per heavy atom. The third-order valence-electron chi connectivity index (χ3n) is 0.535. The molecule has 5 radical (unpaired) electrons. The van der Waals surface area contributed by atoms with Crippen molar-refractivity contribution in [3.8, 4) is 0 Å². The Labute approximate surface area is 54.6 Å². The Morgan fingerprint density at radius 1 is 1.38 bits per heavy atom. The van der Waals surface area contributed by atoms with E-state index >= 15 is 0 Å². The molecule has 0 atom stereocenters. The van der Waals surface area contributed by atoms with Crippen molar-refractivity contribution in [3.05, 3.63) is 12.3 Å². The van der Waals surface area contributed by atoms with Crippen molar-refractivity contribution >= 4 is 29.3 Å². The summed E-state index contributed by atoms with van der Waals surface area (Å²) in [5.41, 5.74) is 1.70. The minimum atomic E-state index is -1.12. The van der Waals surface area contributed by atoms with E-state index in [0.29, 0.717) is 0 Å². The second kappa shape index (κ2) is 3.33. The predicted octanol–water partition coefficient (Wildman–Crippen LogP) is -0.668. The van der Waals surface area contributed by atoms with E-state index in [-0.39, 0.29) is 20.0 Å². The first-order valence-electron chi connectivity index (χ1n) is 1.92. The molecule has 0 N–H and O–H groups in total. The van der Waals surface area contributed by atoms with E-state index in [1.165, 1.54) is 0 Å². The molecule has 6 heteroatoms. The zero-order valence-corrected chi connectivity index (χ0v) is 7.01. The zero-order chi connectivity index (χ0) is 5.82. The summed E-state index contributed by atoms with van der Waals surface area (Å²) in [5, 5.41) is 0.